The Morgan fingerprint density at radius 3 is 1.84 bits per heavy atom. The molecular weight excluding hydrogens is 544 g/mol. The SMILES string of the molecule is [2H]c1c([2H])c([2H])c2c(-c3cc4ccccc4c4ccccc34)c3c([2H])c([2H])c([2H])c([2H])c3c(-c3ccc(-n4c(CC)nc5ccccc54)cc3)c2c1[2H]. The van der Waals surface area contributed by atoms with E-state index in [0.717, 1.165) is 44.1 Å². The van der Waals surface area contributed by atoms with Gasteiger partial charge in [-0.25, -0.2) is 4.98 Å². The van der Waals surface area contributed by atoms with Gasteiger partial charge in [0.25, 0.3) is 0 Å². The minimum Gasteiger partial charge on any atom is -0.296 e. The number of hydrogen-bond acceptors (Lipinski definition) is 1. The lowest BCUT2D eigenvalue weighted by atomic mass is 9.84. The van der Waals surface area contributed by atoms with Gasteiger partial charge in [-0.15, -0.1) is 0 Å². The van der Waals surface area contributed by atoms with Crippen molar-refractivity contribution in [3.05, 3.63) is 157 Å². The highest BCUT2D eigenvalue weighted by Gasteiger charge is 2.19. The third kappa shape index (κ3) is 3.92. The zero-order chi connectivity index (χ0) is 36.9. The molecule has 0 atom stereocenters. The summed E-state index contributed by atoms with van der Waals surface area (Å²) < 4.78 is 74.9. The Kier molecular flexibility index (Phi) is 4.26. The number of rotatable bonds is 4. The van der Waals surface area contributed by atoms with Gasteiger partial charge in [-0.1, -0.05) is 128 Å². The predicted molar refractivity (Wildman–Crippen MR) is 191 cm³/mol. The standard InChI is InChI=1S/C43H30N2/c1-2-41-44-39-21-11-12-22-40(39)45(41)30-25-23-28(24-26-30)42-34-17-7-9-19-36(34)43(37-20-10-8-18-35(37)42)38-27-29-13-3-4-14-31(29)32-15-5-6-16-33(32)38/h3-27H,2H2,1H3/i7D,8D,9D,10D,17D,18D,19D,20D. The lowest BCUT2D eigenvalue weighted by molar-refractivity contribution is 0.908. The maximum Gasteiger partial charge on any atom is 0.114 e. The van der Waals surface area contributed by atoms with E-state index in [4.69, 9.17) is 10.5 Å². The predicted octanol–water partition coefficient (Wildman–Crippen LogP) is 11.5. The van der Waals surface area contributed by atoms with Crippen LogP contribution in [0, 0.1) is 0 Å². The van der Waals surface area contributed by atoms with Crippen LogP contribution in [0.4, 0.5) is 0 Å². The first-order valence-corrected chi connectivity index (χ1v) is 15.1. The molecule has 2 nitrogen and oxygen atoms in total. The molecule has 0 unspecified atom stereocenters. The average Bonchev–Trinajstić information content (AvgIpc) is 3.58. The van der Waals surface area contributed by atoms with Crippen molar-refractivity contribution in [2.75, 3.05) is 0 Å². The lowest BCUT2D eigenvalue weighted by Gasteiger charge is -2.20. The molecule has 0 N–H and O–H groups in total. The summed E-state index contributed by atoms with van der Waals surface area (Å²) >= 11 is 0. The van der Waals surface area contributed by atoms with Crippen LogP contribution < -0.4 is 0 Å². The lowest BCUT2D eigenvalue weighted by Crippen LogP contribution is -2.00. The van der Waals surface area contributed by atoms with Crippen molar-refractivity contribution >= 4 is 54.1 Å². The van der Waals surface area contributed by atoms with Crippen LogP contribution in [-0.4, -0.2) is 9.55 Å². The van der Waals surface area contributed by atoms with Gasteiger partial charge in [-0.3, -0.25) is 4.57 Å². The van der Waals surface area contributed by atoms with Crippen LogP contribution >= 0.6 is 0 Å². The van der Waals surface area contributed by atoms with E-state index >= 15 is 0 Å². The minimum absolute atomic E-state index is 0.191. The summed E-state index contributed by atoms with van der Waals surface area (Å²) in [6.45, 7) is 2.05. The van der Waals surface area contributed by atoms with E-state index in [2.05, 4.69) is 4.57 Å². The highest BCUT2D eigenvalue weighted by Crippen LogP contribution is 2.46. The number of hydrogen-bond donors (Lipinski definition) is 0. The van der Waals surface area contributed by atoms with Gasteiger partial charge >= 0.3 is 0 Å². The van der Waals surface area contributed by atoms with Crippen LogP contribution in [0.15, 0.2) is 151 Å². The van der Waals surface area contributed by atoms with Crippen molar-refractivity contribution in [3.8, 4) is 27.9 Å². The normalized spacial score (nSPS) is 14.2. The molecule has 0 radical (unpaired) electrons. The van der Waals surface area contributed by atoms with Gasteiger partial charge in [-0.05, 0) is 95.7 Å². The van der Waals surface area contributed by atoms with Crippen LogP contribution in [0.1, 0.15) is 23.7 Å². The second-order valence-electron chi connectivity index (χ2n) is 11.2. The van der Waals surface area contributed by atoms with E-state index in [1.165, 1.54) is 0 Å². The van der Waals surface area contributed by atoms with Crippen LogP contribution in [0.5, 0.6) is 0 Å². The van der Waals surface area contributed by atoms with Gasteiger partial charge in [-0.2, -0.15) is 0 Å². The first kappa shape index (κ1) is 18.8. The fourth-order valence-electron chi connectivity index (χ4n) is 6.82. The van der Waals surface area contributed by atoms with Gasteiger partial charge in [0, 0.05) is 12.1 Å². The molecule has 8 aromatic carbocycles. The quantitative estimate of drug-likeness (QED) is 0.149. The van der Waals surface area contributed by atoms with Crippen molar-refractivity contribution in [2.24, 2.45) is 0 Å². The molecule has 1 aromatic heterocycles. The smallest absolute Gasteiger partial charge is 0.114 e. The molecule has 0 fully saturated rings. The maximum atomic E-state index is 9.40. The first-order valence-electron chi connectivity index (χ1n) is 19.1. The summed E-state index contributed by atoms with van der Waals surface area (Å²) in [7, 11) is 0. The Bertz CT molecular complexity index is 2940. The molecule has 9 aromatic rings. The average molecular weight is 583 g/mol. The molecule has 0 aliphatic heterocycles. The largest absolute Gasteiger partial charge is 0.296 e. The molecule has 0 spiro atoms. The van der Waals surface area contributed by atoms with Crippen molar-refractivity contribution in [3.63, 3.8) is 0 Å². The molecule has 9 rings (SSSR count). The Balaban J connectivity index is 1.48. The topological polar surface area (TPSA) is 17.8 Å². The fourth-order valence-corrected chi connectivity index (χ4v) is 6.82. The molecule has 2 heteroatoms. The molecule has 0 amide bonds. The highest BCUT2D eigenvalue weighted by molar-refractivity contribution is 6.25. The van der Waals surface area contributed by atoms with Crippen LogP contribution in [0.2, 0.25) is 0 Å². The fraction of sp³-hybridized carbons (Fsp3) is 0.0465. The molecule has 212 valence electrons. The molecular formula is C43H30N2. The Hall–Kier alpha value is -5.73. The van der Waals surface area contributed by atoms with Gasteiger partial charge in [0.15, 0.2) is 0 Å². The number of benzene rings is 8. The molecule has 0 aliphatic carbocycles. The summed E-state index contributed by atoms with van der Waals surface area (Å²) in [5, 5.41) is 4.38. The van der Waals surface area contributed by atoms with Gasteiger partial charge in [0.2, 0.25) is 0 Å². The number of fused-ring (bicyclic) bond motifs is 6. The number of nitrogens with zero attached hydrogens (tertiary/aromatic N) is 2. The van der Waals surface area contributed by atoms with E-state index in [1.54, 1.807) is 0 Å². The molecule has 0 saturated carbocycles. The van der Waals surface area contributed by atoms with Crippen molar-refractivity contribution in [1.82, 2.24) is 9.55 Å². The van der Waals surface area contributed by atoms with Gasteiger partial charge < -0.3 is 0 Å². The van der Waals surface area contributed by atoms with Gasteiger partial charge in [0.05, 0.1) is 22.0 Å². The van der Waals surface area contributed by atoms with Crippen LogP contribution in [0.3, 0.4) is 0 Å². The summed E-state index contributed by atoms with van der Waals surface area (Å²) in [6, 6.07) is 30.3. The first-order chi connectivity index (χ1) is 25.6. The summed E-state index contributed by atoms with van der Waals surface area (Å²) in [6.07, 6.45) is 0.697. The Labute approximate surface area is 273 Å². The third-order valence-electron chi connectivity index (χ3n) is 8.77. The summed E-state index contributed by atoms with van der Waals surface area (Å²) in [4.78, 5) is 4.82. The zero-order valence-corrected chi connectivity index (χ0v) is 24.4. The number of para-hydroxylation sites is 2. The zero-order valence-electron chi connectivity index (χ0n) is 32.4. The van der Waals surface area contributed by atoms with E-state index in [9.17, 15) is 5.48 Å². The van der Waals surface area contributed by atoms with E-state index in [0.29, 0.717) is 28.7 Å². The number of imidazole rings is 1. The van der Waals surface area contributed by atoms with Crippen molar-refractivity contribution < 1.29 is 11.0 Å². The molecule has 0 saturated heterocycles. The minimum atomic E-state index is -0.424. The van der Waals surface area contributed by atoms with E-state index in [-0.39, 0.29) is 45.7 Å². The monoisotopic (exact) mass is 582 g/mol. The molecule has 1 heterocycles. The number of aryl methyl sites for hydroxylation is 1. The summed E-state index contributed by atoms with van der Waals surface area (Å²) in [5.41, 5.74) is 4.49. The van der Waals surface area contributed by atoms with Crippen molar-refractivity contribution in [1.29, 1.82) is 0 Å². The van der Waals surface area contributed by atoms with Crippen LogP contribution in [0.25, 0.3) is 82.1 Å². The van der Waals surface area contributed by atoms with Crippen LogP contribution in [-0.2, 0) is 6.42 Å². The maximum absolute atomic E-state index is 9.40. The van der Waals surface area contributed by atoms with E-state index in [1.807, 2.05) is 110 Å². The summed E-state index contributed by atoms with van der Waals surface area (Å²) in [5.74, 6) is 0.880. The number of aromatic nitrogens is 2. The molecule has 45 heavy (non-hydrogen) atoms. The van der Waals surface area contributed by atoms with Gasteiger partial charge in [0.1, 0.15) is 5.82 Å². The van der Waals surface area contributed by atoms with Crippen molar-refractivity contribution in [2.45, 2.75) is 13.3 Å². The third-order valence-corrected chi connectivity index (χ3v) is 8.77. The van der Waals surface area contributed by atoms with E-state index < -0.39 is 24.2 Å². The Morgan fingerprint density at radius 1 is 0.578 bits per heavy atom. The second kappa shape index (κ2) is 10.2. The highest BCUT2D eigenvalue weighted by atomic mass is 15.1. The Morgan fingerprint density at radius 2 is 1.16 bits per heavy atom. The molecule has 0 bridgehead atoms. The molecule has 0 aliphatic rings. The second-order valence-corrected chi connectivity index (χ2v) is 11.2.